The van der Waals surface area contributed by atoms with Gasteiger partial charge in [-0.2, -0.15) is 0 Å². The molecule has 2 N–H and O–H groups in total. The van der Waals surface area contributed by atoms with Crippen molar-refractivity contribution in [2.75, 3.05) is 5.73 Å². The number of nitrogen functional groups attached to an aromatic ring is 1. The Labute approximate surface area is 232 Å². The van der Waals surface area contributed by atoms with Crippen LogP contribution in [0.5, 0.6) is 0 Å². The fourth-order valence-electron chi connectivity index (χ4n) is 2.55. The van der Waals surface area contributed by atoms with Crippen molar-refractivity contribution in [3.63, 3.8) is 0 Å². The van der Waals surface area contributed by atoms with Crippen molar-refractivity contribution >= 4 is 37.0 Å². The molecule has 2 aromatic carbocycles. The first-order valence-corrected chi connectivity index (χ1v) is 9.26. The number of anilines is 1. The van der Waals surface area contributed by atoms with E-state index in [1.54, 1.807) is 14.1 Å². The van der Waals surface area contributed by atoms with Crippen LogP contribution in [0.4, 0.5) is 5.69 Å². The number of benzene rings is 2. The van der Waals surface area contributed by atoms with Crippen molar-refractivity contribution in [2.45, 2.75) is 9.79 Å². The molecule has 10 nitrogen and oxygen atoms in total. The minimum absolute atomic E-state index is 0. The van der Waals surface area contributed by atoms with E-state index in [0.29, 0.717) is 16.7 Å². The molecule has 2 aromatic heterocycles. The first-order chi connectivity index (χ1) is 11.1. The molecule has 126 valence electrons. The molecule has 0 unspecified atom stereocenters. The van der Waals surface area contributed by atoms with Crippen molar-refractivity contribution < 1.29 is 129 Å². The monoisotopic (exact) mass is 446 g/mol. The molecule has 0 bridgehead atoms. The van der Waals surface area contributed by atoms with E-state index < -0.39 is 25.1 Å². The standard InChI is InChI=1S/C12H10N4O6S2.2K/c13-9-5-7(23(17,18)19)1-3-10(9)14-15-11-4-2-8(24(20,21)22)6-12(11)16(14)15;;/h1-6H,13H2,(H,17,18,19)(H,20,21,22);;/q;2*+1/p-2. The number of aromatic nitrogens is 3. The molecule has 14 heteroatoms. The Balaban J connectivity index is 0.00000121. The van der Waals surface area contributed by atoms with Gasteiger partial charge in [-0.3, -0.25) is 0 Å². The van der Waals surface area contributed by atoms with Crippen molar-refractivity contribution in [2.24, 2.45) is 0 Å². The maximum atomic E-state index is 11.1. The van der Waals surface area contributed by atoms with Crippen molar-refractivity contribution in [3.05, 3.63) is 36.4 Å². The zero-order valence-electron chi connectivity index (χ0n) is 13.6. The summed E-state index contributed by atoms with van der Waals surface area (Å²) in [4.78, 5) is 0.747. The quantitative estimate of drug-likeness (QED) is 0.187. The molecule has 0 radical (unpaired) electrons. The topological polar surface area (TPSA) is 154 Å². The molecule has 0 atom stereocenters. The third-order valence-corrected chi connectivity index (χ3v) is 5.34. The molecule has 4 rings (SSSR count). The van der Waals surface area contributed by atoms with Gasteiger partial charge in [0.1, 0.15) is 37.0 Å². The van der Waals surface area contributed by atoms with Crippen LogP contribution in [-0.4, -0.2) is 40.0 Å². The normalized spacial score (nSPS) is 12.4. The summed E-state index contributed by atoms with van der Waals surface area (Å²) < 4.78 is 69.4. The molecular weight excluding hydrogens is 438 g/mol. The second-order valence-electron chi connectivity index (χ2n) is 5.15. The Bertz CT molecular complexity index is 1320. The van der Waals surface area contributed by atoms with Crippen molar-refractivity contribution in [3.8, 4) is 5.69 Å². The van der Waals surface area contributed by atoms with E-state index in [9.17, 15) is 25.9 Å². The minimum Gasteiger partial charge on any atom is -0.744 e. The van der Waals surface area contributed by atoms with E-state index >= 15 is 0 Å². The molecule has 0 spiro atoms. The number of rotatable bonds is 3. The zero-order chi connectivity index (χ0) is 17.4. The first kappa shape index (κ1) is 23.0. The van der Waals surface area contributed by atoms with Crippen LogP contribution in [0.1, 0.15) is 0 Å². The molecule has 0 aliphatic carbocycles. The van der Waals surface area contributed by atoms with Gasteiger partial charge in [-0.25, -0.2) is 16.8 Å². The van der Waals surface area contributed by atoms with Gasteiger partial charge < -0.3 is 14.8 Å². The number of fused-ring (bicyclic) bond motifs is 4. The number of hydrogen-bond donors (Lipinski definition) is 1. The van der Waals surface area contributed by atoms with E-state index in [1.807, 2.05) is 0 Å². The largest absolute Gasteiger partial charge is 1.00 e. The zero-order valence-corrected chi connectivity index (χ0v) is 21.5. The number of nitrogens with two attached hydrogens (primary N) is 1. The molecule has 2 heterocycles. The Morgan fingerprint density at radius 3 is 1.81 bits per heavy atom. The van der Waals surface area contributed by atoms with Gasteiger partial charge in [0.25, 0.3) is 0 Å². The van der Waals surface area contributed by atoms with Crippen LogP contribution in [0.2, 0.25) is 0 Å². The summed E-state index contributed by atoms with van der Waals surface area (Å²) in [6.07, 6.45) is 0. The number of nitrogens with zero attached hydrogens (tertiary/aromatic N) is 3. The van der Waals surface area contributed by atoms with E-state index in [2.05, 4.69) is 0 Å². The van der Waals surface area contributed by atoms with Crippen molar-refractivity contribution in [1.29, 1.82) is 0 Å². The molecule has 0 fully saturated rings. The maximum absolute atomic E-state index is 11.1. The van der Waals surface area contributed by atoms with Crippen LogP contribution >= 0.6 is 0 Å². The molecule has 4 aromatic rings. The summed E-state index contributed by atoms with van der Waals surface area (Å²) in [6, 6.07) is 7.46. The molecule has 0 aliphatic rings. The van der Waals surface area contributed by atoms with Gasteiger partial charge >= 0.3 is 103 Å². The van der Waals surface area contributed by atoms with Gasteiger partial charge in [-0.1, -0.05) is 0 Å². The van der Waals surface area contributed by atoms with Gasteiger partial charge in [-0.05, 0) is 36.4 Å². The summed E-state index contributed by atoms with van der Waals surface area (Å²) in [5, 5.41) is 0. The fourth-order valence-corrected chi connectivity index (χ4v) is 3.55. The average Bonchev–Trinajstić information content (AvgIpc) is 3.10. The second-order valence-corrected chi connectivity index (χ2v) is 7.91. The van der Waals surface area contributed by atoms with Gasteiger partial charge in [-0.15, -0.1) is 14.1 Å². The molecule has 0 amide bonds. The SMILES string of the molecule is Nc1cc(S(=O)(=O)[O-])ccc1-n1n2c3ccc(S(=O)(=O)[O-])cc3n12.[K+].[K+]. The van der Waals surface area contributed by atoms with E-state index in [4.69, 9.17) is 5.73 Å². The Kier molecular flexibility index (Phi) is 6.66. The van der Waals surface area contributed by atoms with Crippen LogP contribution in [0, 0.1) is 0 Å². The smallest absolute Gasteiger partial charge is 0.744 e. The molecule has 0 saturated carbocycles. The van der Waals surface area contributed by atoms with Crippen LogP contribution in [0.25, 0.3) is 16.7 Å². The average molecular weight is 447 g/mol. The van der Waals surface area contributed by atoms with Crippen LogP contribution < -0.4 is 109 Å². The van der Waals surface area contributed by atoms with Crippen LogP contribution in [0.15, 0.2) is 46.2 Å². The summed E-state index contributed by atoms with van der Waals surface area (Å²) in [5.74, 6) is 0. The predicted molar refractivity (Wildman–Crippen MR) is 79.2 cm³/mol. The Morgan fingerprint density at radius 2 is 1.27 bits per heavy atom. The van der Waals surface area contributed by atoms with Gasteiger partial charge in [0.05, 0.1) is 15.5 Å². The minimum atomic E-state index is -4.61. The summed E-state index contributed by atoms with van der Waals surface area (Å²) in [7, 11) is -9.18. The van der Waals surface area contributed by atoms with E-state index in [1.165, 1.54) is 24.3 Å². The summed E-state index contributed by atoms with van der Waals surface area (Å²) in [5.41, 5.74) is 7.42. The van der Waals surface area contributed by atoms with Gasteiger partial charge in [0.15, 0.2) is 0 Å². The Hall–Kier alpha value is 0.733. The van der Waals surface area contributed by atoms with E-state index in [0.717, 1.165) is 12.1 Å². The predicted octanol–water partition coefficient (Wildman–Crippen LogP) is -6.18. The van der Waals surface area contributed by atoms with Gasteiger partial charge in [0, 0.05) is 0 Å². The van der Waals surface area contributed by atoms with Crippen LogP contribution in [-0.2, 0) is 20.2 Å². The molecule has 0 aliphatic heterocycles. The molecular formula is C12H8K2N4O6S2. The van der Waals surface area contributed by atoms with Crippen molar-refractivity contribution in [1.82, 2.24) is 14.1 Å². The van der Waals surface area contributed by atoms with Crippen LogP contribution in [0.3, 0.4) is 0 Å². The maximum Gasteiger partial charge on any atom is 1.00 e. The molecule has 26 heavy (non-hydrogen) atoms. The summed E-state index contributed by atoms with van der Waals surface area (Å²) in [6.45, 7) is 0. The number of hydrogen-bond acceptors (Lipinski definition) is 7. The van der Waals surface area contributed by atoms with E-state index in [-0.39, 0.29) is 113 Å². The summed E-state index contributed by atoms with van der Waals surface area (Å²) >= 11 is 0. The fraction of sp³-hybridized carbons (Fsp3) is 0. The third-order valence-electron chi connectivity index (χ3n) is 3.68. The molecule has 0 saturated heterocycles. The third kappa shape index (κ3) is 3.78. The van der Waals surface area contributed by atoms with Gasteiger partial charge in [0.2, 0.25) is 0 Å². The Morgan fingerprint density at radius 1 is 0.769 bits per heavy atom. The first-order valence-electron chi connectivity index (χ1n) is 6.44. The second kappa shape index (κ2) is 7.53.